The van der Waals surface area contributed by atoms with Crippen molar-refractivity contribution in [3.05, 3.63) is 35.4 Å². The standard InChI is InChI=1S/C15H19NO2S/c1-10-14(6-7-19-10)16-8-11-4-2-3-5-12(11)13(9-16)15(17)18/h2-5,10,13-14H,6-9H2,1H3,(H,17,18). The van der Waals surface area contributed by atoms with E-state index in [-0.39, 0.29) is 5.92 Å². The molecule has 3 rings (SSSR count). The molecular weight excluding hydrogens is 258 g/mol. The molecule has 19 heavy (non-hydrogen) atoms. The molecule has 1 saturated heterocycles. The van der Waals surface area contributed by atoms with E-state index in [0.29, 0.717) is 17.8 Å². The molecule has 4 heteroatoms. The predicted octanol–water partition coefficient (Wildman–Crippen LogP) is 2.56. The number of aliphatic carboxylic acids is 1. The molecule has 1 N–H and O–H groups in total. The molecule has 0 aliphatic carbocycles. The van der Waals surface area contributed by atoms with Crippen molar-refractivity contribution in [3.63, 3.8) is 0 Å². The van der Waals surface area contributed by atoms with E-state index in [0.717, 1.165) is 12.1 Å². The summed E-state index contributed by atoms with van der Waals surface area (Å²) < 4.78 is 0. The second-order valence-corrected chi connectivity index (χ2v) is 6.94. The zero-order valence-electron chi connectivity index (χ0n) is 11.1. The van der Waals surface area contributed by atoms with Crippen LogP contribution in [-0.2, 0) is 11.3 Å². The highest BCUT2D eigenvalue weighted by Gasteiger charge is 2.36. The Morgan fingerprint density at radius 3 is 2.89 bits per heavy atom. The Morgan fingerprint density at radius 2 is 2.21 bits per heavy atom. The van der Waals surface area contributed by atoms with Crippen LogP contribution >= 0.6 is 11.8 Å². The lowest BCUT2D eigenvalue weighted by molar-refractivity contribution is -0.139. The van der Waals surface area contributed by atoms with Gasteiger partial charge in [-0.15, -0.1) is 0 Å². The third-order valence-electron chi connectivity index (χ3n) is 4.32. The summed E-state index contributed by atoms with van der Waals surface area (Å²) in [6, 6.07) is 8.52. The third kappa shape index (κ3) is 2.39. The van der Waals surface area contributed by atoms with Crippen LogP contribution in [0.25, 0.3) is 0 Å². The van der Waals surface area contributed by atoms with Gasteiger partial charge in [-0.3, -0.25) is 9.69 Å². The van der Waals surface area contributed by atoms with Gasteiger partial charge in [0.1, 0.15) is 0 Å². The molecule has 2 aliphatic rings. The molecule has 0 aromatic heterocycles. The Balaban J connectivity index is 1.90. The van der Waals surface area contributed by atoms with Gasteiger partial charge in [0.15, 0.2) is 0 Å². The zero-order chi connectivity index (χ0) is 13.4. The molecular formula is C15H19NO2S. The number of fused-ring (bicyclic) bond motifs is 1. The summed E-state index contributed by atoms with van der Waals surface area (Å²) in [6.45, 7) is 3.82. The Bertz CT molecular complexity index is 491. The summed E-state index contributed by atoms with van der Waals surface area (Å²) in [7, 11) is 0. The second-order valence-electron chi connectivity index (χ2n) is 5.45. The number of thioether (sulfide) groups is 1. The van der Waals surface area contributed by atoms with Crippen molar-refractivity contribution >= 4 is 17.7 Å². The van der Waals surface area contributed by atoms with Gasteiger partial charge in [0.25, 0.3) is 0 Å². The smallest absolute Gasteiger partial charge is 0.312 e. The topological polar surface area (TPSA) is 40.5 Å². The van der Waals surface area contributed by atoms with E-state index < -0.39 is 5.97 Å². The third-order valence-corrected chi connectivity index (χ3v) is 5.64. The molecule has 2 aliphatic heterocycles. The largest absolute Gasteiger partial charge is 0.481 e. The lowest BCUT2D eigenvalue weighted by Crippen LogP contribution is -2.45. The number of carbonyl (C=O) groups is 1. The number of carboxylic acids is 1. The first kappa shape index (κ1) is 13.0. The van der Waals surface area contributed by atoms with Gasteiger partial charge in [0.05, 0.1) is 5.92 Å². The van der Waals surface area contributed by atoms with Gasteiger partial charge in [-0.1, -0.05) is 31.2 Å². The Labute approximate surface area is 118 Å². The van der Waals surface area contributed by atoms with Crippen molar-refractivity contribution in [1.82, 2.24) is 4.90 Å². The van der Waals surface area contributed by atoms with Crippen molar-refractivity contribution < 1.29 is 9.90 Å². The highest BCUT2D eigenvalue weighted by atomic mass is 32.2. The fraction of sp³-hybridized carbons (Fsp3) is 0.533. The zero-order valence-corrected chi connectivity index (χ0v) is 11.9. The van der Waals surface area contributed by atoms with Crippen LogP contribution in [0.15, 0.2) is 24.3 Å². The van der Waals surface area contributed by atoms with Crippen molar-refractivity contribution in [1.29, 1.82) is 0 Å². The van der Waals surface area contributed by atoms with Crippen LogP contribution in [0, 0.1) is 0 Å². The molecule has 0 bridgehead atoms. The second kappa shape index (κ2) is 5.17. The number of rotatable bonds is 2. The predicted molar refractivity (Wildman–Crippen MR) is 77.6 cm³/mol. The summed E-state index contributed by atoms with van der Waals surface area (Å²) in [5, 5.41) is 10.1. The molecule has 0 saturated carbocycles. The van der Waals surface area contributed by atoms with Gasteiger partial charge in [-0.05, 0) is 23.3 Å². The van der Waals surface area contributed by atoms with Crippen LogP contribution in [-0.4, -0.2) is 39.6 Å². The van der Waals surface area contributed by atoms with Crippen LogP contribution in [0.3, 0.4) is 0 Å². The van der Waals surface area contributed by atoms with Crippen molar-refractivity contribution in [2.45, 2.75) is 37.1 Å². The molecule has 0 amide bonds. The summed E-state index contributed by atoms with van der Waals surface area (Å²) in [4.78, 5) is 13.9. The summed E-state index contributed by atoms with van der Waals surface area (Å²) in [5.41, 5.74) is 2.19. The molecule has 1 aromatic rings. The molecule has 102 valence electrons. The Hall–Kier alpha value is -1.00. The van der Waals surface area contributed by atoms with Gasteiger partial charge in [0.2, 0.25) is 0 Å². The van der Waals surface area contributed by atoms with E-state index in [1.54, 1.807) is 0 Å². The average molecular weight is 277 g/mol. The monoisotopic (exact) mass is 277 g/mol. The van der Waals surface area contributed by atoms with Gasteiger partial charge in [-0.25, -0.2) is 0 Å². The summed E-state index contributed by atoms with van der Waals surface area (Å²) in [6.07, 6.45) is 1.18. The minimum atomic E-state index is -0.699. The minimum absolute atomic E-state index is 0.372. The fourth-order valence-electron chi connectivity index (χ4n) is 3.30. The van der Waals surface area contributed by atoms with Crippen molar-refractivity contribution in [2.24, 2.45) is 0 Å². The maximum Gasteiger partial charge on any atom is 0.312 e. The molecule has 3 nitrogen and oxygen atoms in total. The van der Waals surface area contributed by atoms with Crippen LogP contribution in [0.5, 0.6) is 0 Å². The van der Waals surface area contributed by atoms with Gasteiger partial charge in [0, 0.05) is 24.4 Å². The number of benzene rings is 1. The van der Waals surface area contributed by atoms with Crippen LogP contribution in [0.1, 0.15) is 30.4 Å². The molecule has 2 heterocycles. The lowest BCUT2D eigenvalue weighted by atomic mass is 9.88. The van der Waals surface area contributed by atoms with E-state index in [4.69, 9.17) is 0 Å². The highest BCUT2D eigenvalue weighted by molar-refractivity contribution is 8.00. The van der Waals surface area contributed by atoms with E-state index in [1.165, 1.54) is 17.7 Å². The van der Waals surface area contributed by atoms with E-state index in [9.17, 15) is 9.90 Å². The first-order valence-corrected chi connectivity index (χ1v) is 7.88. The van der Waals surface area contributed by atoms with Gasteiger partial charge >= 0.3 is 5.97 Å². The first-order chi connectivity index (χ1) is 9.16. The van der Waals surface area contributed by atoms with Crippen LogP contribution in [0.2, 0.25) is 0 Å². The van der Waals surface area contributed by atoms with E-state index in [2.05, 4.69) is 17.9 Å². The summed E-state index contributed by atoms with van der Waals surface area (Å²) in [5.74, 6) is 0.125. The molecule has 3 unspecified atom stereocenters. The molecule has 3 atom stereocenters. The number of nitrogens with zero attached hydrogens (tertiary/aromatic N) is 1. The number of hydrogen-bond acceptors (Lipinski definition) is 3. The van der Waals surface area contributed by atoms with Gasteiger partial charge < -0.3 is 5.11 Å². The van der Waals surface area contributed by atoms with Crippen LogP contribution in [0.4, 0.5) is 0 Å². The Kier molecular flexibility index (Phi) is 3.54. The lowest BCUT2D eigenvalue weighted by Gasteiger charge is -2.38. The minimum Gasteiger partial charge on any atom is -0.481 e. The normalized spacial score (nSPS) is 31.1. The Morgan fingerprint density at radius 1 is 1.42 bits per heavy atom. The number of carboxylic acid groups (broad SMARTS) is 1. The average Bonchev–Trinajstić information content (AvgIpc) is 2.83. The summed E-state index contributed by atoms with van der Waals surface area (Å²) >= 11 is 2.00. The maximum atomic E-state index is 11.5. The molecule has 1 aromatic carbocycles. The van der Waals surface area contributed by atoms with Crippen LogP contribution < -0.4 is 0 Å². The quantitative estimate of drug-likeness (QED) is 0.902. The molecule has 0 spiro atoms. The van der Waals surface area contributed by atoms with E-state index in [1.807, 2.05) is 30.0 Å². The SMILES string of the molecule is CC1SCCC1N1Cc2ccccc2C(C(=O)O)C1. The maximum absolute atomic E-state index is 11.5. The molecule has 0 radical (unpaired) electrons. The highest BCUT2D eigenvalue weighted by Crippen LogP contribution is 2.36. The first-order valence-electron chi connectivity index (χ1n) is 6.83. The van der Waals surface area contributed by atoms with Crippen molar-refractivity contribution in [2.75, 3.05) is 12.3 Å². The van der Waals surface area contributed by atoms with E-state index >= 15 is 0 Å². The number of hydrogen-bond donors (Lipinski definition) is 1. The fourth-order valence-corrected chi connectivity index (χ4v) is 4.58. The van der Waals surface area contributed by atoms with Gasteiger partial charge in [-0.2, -0.15) is 11.8 Å². The molecule has 1 fully saturated rings. The van der Waals surface area contributed by atoms with Crippen molar-refractivity contribution in [3.8, 4) is 0 Å².